The Bertz CT molecular complexity index is 546. The van der Waals surface area contributed by atoms with E-state index in [9.17, 15) is 0 Å². The molecule has 1 aromatic carbocycles. The van der Waals surface area contributed by atoms with E-state index >= 15 is 0 Å². The molecule has 5 heteroatoms. The zero-order chi connectivity index (χ0) is 13.0. The Labute approximate surface area is 120 Å². The molecular formula is C13H14IN3O. The molecule has 0 saturated carbocycles. The predicted octanol–water partition coefficient (Wildman–Crippen LogP) is 3.41. The van der Waals surface area contributed by atoms with Crippen molar-refractivity contribution < 1.29 is 4.74 Å². The highest BCUT2D eigenvalue weighted by Gasteiger charge is 2.10. The van der Waals surface area contributed by atoms with Crippen LogP contribution in [0.4, 0.5) is 5.82 Å². The number of rotatable bonds is 4. The van der Waals surface area contributed by atoms with E-state index < -0.39 is 0 Å². The maximum absolute atomic E-state index is 5.86. The van der Waals surface area contributed by atoms with Gasteiger partial charge in [0.1, 0.15) is 17.9 Å². The lowest BCUT2D eigenvalue weighted by Gasteiger charge is -2.10. The number of nitrogens with two attached hydrogens (primary N) is 1. The van der Waals surface area contributed by atoms with E-state index in [1.807, 2.05) is 24.3 Å². The number of hydrogen-bond acceptors (Lipinski definition) is 4. The van der Waals surface area contributed by atoms with Gasteiger partial charge in [-0.15, -0.1) is 0 Å². The lowest BCUT2D eigenvalue weighted by molar-refractivity contribution is 0.454. The zero-order valence-corrected chi connectivity index (χ0v) is 12.2. The van der Waals surface area contributed by atoms with E-state index in [0.717, 1.165) is 27.7 Å². The quantitative estimate of drug-likeness (QED) is 0.854. The fourth-order valence-electron chi connectivity index (χ4n) is 1.62. The van der Waals surface area contributed by atoms with Crippen LogP contribution in [0.1, 0.15) is 18.9 Å². The Morgan fingerprint density at radius 3 is 2.89 bits per heavy atom. The van der Waals surface area contributed by atoms with Crippen LogP contribution in [-0.2, 0) is 6.42 Å². The highest BCUT2D eigenvalue weighted by atomic mass is 127. The molecule has 1 aromatic heterocycles. The smallest absolute Gasteiger partial charge is 0.227 e. The van der Waals surface area contributed by atoms with Gasteiger partial charge in [0.25, 0.3) is 0 Å². The van der Waals surface area contributed by atoms with Gasteiger partial charge >= 0.3 is 0 Å². The van der Waals surface area contributed by atoms with E-state index in [2.05, 4.69) is 39.5 Å². The van der Waals surface area contributed by atoms with Crippen LogP contribution in [-0.4, -0.2) is 9.97 Å². The minimum absolute atomic E-state index is 0.493. The van der Waals surface area contributed by atoms with E-state index in [1.54, 1.807) is 0 Å². The molecule has 94 valence electrons. The van der Waals surface area contributed by atoms with E-state index in [1.165, 1.54) is 6.33 Å². The molecule has 0 atom stereocenters. The highest BCUT2D eigenvalue weighted by Crippen LogP contribution is 2.27. The molecule has 2 aromatic rings. The van der Waals surface area contributed by atoms with Crippen LogP contribution in [0.25, 0.3) is 0 Å². The number of anilines is 1. The molecule has 0 aliphatic rings. The second-order valence-electron chi connectivity index (χ2n) is 3.85. The molecule has 0 aliphatic carbocycles. The zero-order valence-electron chi connectivity index (χ0n) is 10.1. The van der Waals surface area contributed by atoms with E-state index in [-0.39, 0.29) is 0 Å². The number of aromatic nitrogens is 2. The summed E-state index contributed by atoms with van der Waals surface area (Å²) in [5, 5.41) is 0. The van der Waals surface area contributed by atoms with Crippen LogP contribution < -0.4 is 10.5 Å². The summed E-state index contributed by atoms with van der Waals surface area (Å²) >= 11 is 2.24. The number of benzene rings is 1. The molecule has 0 amide bonds. The lowest BCUT2D eigenvalue weighted by atomic mass is 10.2. The molecule has 0 bridgehead atoms. The van der Waals surface area contributed by atoms with Gasteiger partial charge in [-0.2, -0.15) is 0 Å². The Hall–Kier alpha value is -1.37. The molecule has 0 unspecified atom stereocenters. The monoisotopic (exact) mass is 355 g/mol. The average molecular weight is 355 g/mol. The van der Waals surface area contributed by atoms with Crippen molar-refractivity contribution in [1.82, 2.24) is 9.97 Å². The first kappa shape index (κ1) is 13.1. The Morgan fingerprint density at radius 1 is 1.33 bits per heavy atom. The van der Waals surface area contributed by atoms with Gasteiger partial charge in [0.2, 0.25) is 5.88 Å². The van der Waals surface area contributed by atoms with Crippen molar-refractivity contribution in [2.75, 3.05) is 5.73 Å². The van der Waals surface area contributed by atoms with Crippen molar-refractivity contribution in [3.63, 3.8) is 0 Å². The third-order valence-electron chi connectivity index (χ3n) is 2.45. The van der Waals surface area contributed by atoms with Crippen molar-refractivity contribution in [1.29, 1.82) is 0 Å². The van der Waals surface area contributed by atoms with Crippen LogP contribution in [0.2, 0.25) is 0 Å². The van der Waals surface area contributed by atoms with Gasteiger partial charge in [-0.3, -0.25) is 0 Å². The molecule has 0 aliphatic heterocycles. The van der Waals surface area contributed by atoms with Gasteiger partial charge in [-0.05, 0) is 47.2 Å². The van der Waals surface area contributed by atoms with Crippen LogP contribution >= 0.6 is 22.6 Å². The summed E-state index contributed by atoms with van der Waals surface area (Å²) < 4.78 is 6.90. The third kappa shape index (κ3) is 3.10. The van der Waals surface area contributed by atoms with Gasteiger partial charge in [-0.1, -0.05) is 19.4 Å². The summed E-state index contributed by atoms with van der Waals surface area (Å²) in [5.41, 5.74) is 6.73. The van der Waals surface area contributed by atoms with Crippen LogP contribution in [0.3, 0.4) is 0 Å². The van der Waals surface area contributed by atoms with Crippen molar-refractivity contribution in [3.05, 3.63) is 39.7 Å². The number of hydrogen-bond donors (Lipinski definition) is 1. The average Bonchev–Trinajstić information content (AvgIpc) is 2.34. The highest BCUT2D eigenvalue weighted by molar-refractivity contribution is 14.1. The first-order valence-electron chi connectivity index (χ1n) is 5.73. The van der Waals surface area contributed by atoms with Gasteiger partial charge in [0, 0.05) is 3.57 Å². The molecule has 1 heterocycles. The van der Waals surface area contributed by atoms with Gasteiger partial charge in [0.15, 0.2) is 0 Å². The van der Waals surface area contributed by atoms with Gasteiger partial charge < -0.3 is 10.5 Å². The van der Waals surface area contributed by atoms with Gasteiger partial charge in [0.05, 0.1) is 5.56 Å². The van der Waals surface area contributed by atoms with Crippen molar-refractivity contribution in [2.45, 2.75) is 19.8 Å². The van der Waals surface area contributed by atoms with Crippen LogP contribution in [0.5, 0.6) is 11.6 Å². The Kier molecular flexibility index (Phi) is 4.35. The molecule has 0 spiro atoms. The van der Waals surface area contributed by atoms with Gasteiger partial charge in [-0.25, -0.2) is 9.97 Å². The third-order valence-corrected chi connectivity index (χ3v) is 3.12. The molecule has 0 fully saturated rings. The predicted molar refractivity (Wildman–Crippen MR) is 79.7 cm³/mol. The SMILES string of the molecule is CCCc1c(N)ncnc1Oc1cccc(I)c1. The summed E-state index contributed by atoms with van der Waals surface area (Å²) in [6.07, 6.45) is 3.21. The molecule has 18 heavy (non-hydrogen) atoms. The first-order valence-corrected chi connectivity index (χ1v) is 6.81. The number of halogens is 1. The second-order valence-corrected chi connectivity index (χ2v) is 5.10. The fourth-order valence-corrected chi connectivity index (χ4v) is 2.14. The number of nitrogens with zero attached hydrogens (tertiary/aromatic N) is 2. The molecule has 4 nitrogen and oxygen atoms in total. The first-order chi connectivity index (χ1) is 8.70. The summed E-state index contributed by atoms with van der Waals surface area (Å²) in [6, 6.07) is 7.81. The van der Waals surface area contributed by atoms with E-state index in [0.29, 0.717) is 11.7 Å². The maximum atomic E-state index is 5.86. The largest absolute Gasteiger partial charge is 0.439 e. The molecule has 0 radical (unpaired) electrons. The van der Waals surface area contributed by atoms with Crippen molar-refractivity contribution in [3.8, 4) is 11.6 Å². The summed E-state index contributed by atoms with van der Waals surface area (Å²) in [5.74, 6) is 1.80. The molecule has 2 rings (SSSR count). The maximum Gasteiger partial charge on any atom is 0.227 e. The van der Waals surface area contributed by atoms with E-state index in [4.69, 9.17) is 10.5 Å². The Balaban J connectivity index is 2.31. The topological polar surface area (TPSA) is 61.0 Å². The summed E-state index contributed by atoms with van der Waals surface area (Å²) in [6.45, 7) is 2.08. The van der Waals surface area contributed by atoms with Crippen LogP contribution in [0.15, 0.2) is 30.6 Å². The molecule has 2 N–H and O–H groups in total. The minimum atomic E-state index is 0.493. The second kappa shape index (κ2) is 5.99. The number of ether oxygens (including phenoxy) is 1. The summed E-state index contributed by atoms with van der Waals surface area (Å²) in [7, 11) is 0. The Morgan fingerprint density at radius 2 is 2.17 bits per heavy atom. The minimum Gasteiger partial charge on any atom is -0.439 e. The number of nitrogen functional groups attached to an aromatic ring is 1. The van der Waals surface area contributed by atoms with Crippen LogP contribution in [0, 0.1) is 3.57 Å². The fraction of sp³-hybridized carbons (Fsp3) is 0.231. The standard InChI is InChI=1S/C13H14IN3O/c1-2-4-11-12(15)16-8-17-13(11)18-10-6-3-5-9(14)7-10/h3,5-8H,2,4H2,1H3,(H2,15,16,17). The normalized spacial score (nSPS) is 10.3. The molecular weight excluding hydrogens is 341 g/mol. The molecule has 0 saturated heterocycles. The van der Waals surface area contributed by atoms with Crippen molar-refractivity contribution in [2.24, 2.45) is 0 Å². The lowest BCUT2D eigenvalue weighted by Crippen LogP contribution is -2.02. The van der Waals surface area contributed by atoms with Crippen molar-refractivity contribution >= 4 is 28.4 Å². The summed E-state index contributed by atoms with van der Waals surface area (Å²) in [4.78, 5) is 8.17.